The van der Waals surface area contributed by atoms with Crippen molar-refractivity contribution < 1.29 is 18.8 Å². The zero-order chi connectivity index (χ0) is 22.3. The molecule has 162 valence electrons. The lowest BCUT2D eigenvalue weighted by atomic mass is 9.99. The number of carbonyl (C=O) groups is 3. The number of amides is 4. The lowest BCUT2D eigenvalue weighted by Crippen LogP contribution is -2.43. The van der Waals surface area contributed by atoms with Gasteiger partial charge in [-0.3, -0.25) is 14.5 Å². The molecule has 1 saturated heterocycles. The summed E-state index contributed by atoms with van der Waals surface area (Å²) in [6, 6.07) is 16.4. The first-order chi connectivity index (χ1) is 15.5. The molecule has 2 aromatic carbocycles. The Balaban J connectivity index is 1.23. The first kappa shape index (κ1) is 19.9. The van der Waals surface area contributed by atoms with Crippen molar-refractivity contribution in [2.75, 3.05) is 13.1 Å². The van der Waals surface area contributed by atoms with Crippen molar-refractivity contribution in [2.24, 2.45) is 0 Å². The Hall–Kier alpha value is -4.07. The van der Waals surface area contributed by atoms with Crippen molar-refractivity contribution in [3.8, 4) is 0 Å². The lowest BCUT2D eigenvalue weighted by Gasteiger charge is -2.18. The predicted molar refractivity (Wildman–Crippen MR) is 119 cm³/mol. The predicted octanol–water partition coefficient (Wildman–Crippen LogP) is 3.04. The van der Waals surface area contributed by atoms with Crippen LogP contribution in [0.25, 0.3) is 21.9 Å². The molecule has 3 heterocycles. The van der Waals surface area contributed by atoms with Gasteiger partial charge in [0.2, 0.25) is 5.91 Å². The summed E-state index contributed by atoms with van der Waals surface area (Å²) < 4.78 is 5.80. The Morgan fingerprint density at radius 3 is 2.75 bits per heavy atom. The Kier molecular flexibility index (Phi) is 4.70. The third-order valence-corrected chi connectivity index (χ3v) is 5.89. The Labute approximate surface area is 183 Å². The van der Waals surface area contributed by atoms with Crippen LogP contribution in [0.2, 0.25) is 0 Å². The zero-order valence-corrected chi connectivity index (χ0v) is 17.5. The lowest BCUT2D eigenvalue weighted by molar-refractivity contribution is -0.135. The number of urea groups is 1. The van der Waals surface area contributed by atoms with Crippen LogP contribution in [0.4, 0.5) is 4.79 Å². The average Bonchev–Trinajstić information content (AvgIpc) is 3.46. The number of H-pyrrole nitrogens is 1. The van der Waals surface area contributed by atoms with Gasteiger partial charge in [0.15, 0.2) is 5.54 Å². The highest BCUT2D eigenvalue weighted by atomic mass is 16.3. The third-order valence-electron chi connectivity index (χ3n) is 5.89. The maximum Gasteiger partial charge on any atom is 0.325 e. The van der Waals surface area contributed by atoms with Crippen molar-refractivity contribution in [1.29, 1.82) is 0 Å². The van der Waals surface area contributed by atoms with Crippen LogP contribution >= 0.6 is 0 Å². The van der Waals surface area contributed by atoms with Crippen LogP contribution in [-0.2, 0) is 21.5 Å². The van der Waals surface area contributed by atoms with Gasteiger partial charge in [0.1, 0.15) is 17.9 Å². The van der Waals surface area contributed by atoms with Crippen LogP contribution in [-0.4, -0.2) is 40.8 Å². The Morgan fingerprint density at radius 1 is 1.12 bits per heavy atom. The molecule has 0 spiro atoms. The summed E-state index contributed by atoms with van der Waals surface area (Å²) in [6.07, 6.45) is 2.56. The number of carbonyl (C=O) groups excluding carboxylic acids is 3. The van der Waals surface area contributed by atoms with E-state index in [9.17, 15) is 14.4 Å². The third kappa shape index (κ3) is 3.30. The van der Waals surface area contributed by atoms with Crippen LogP contribution in [0.5, 0.6) is 0 Å². The van der Waals surface area contributed by atoms with Gasteiger partial charge in [-0.15, -0.1) is 0 Å². The molecule has 1 aliphatic heterocycles. The van der Waals surface area contributed by atoms with Crippen LogP contribution in [0.1, 0.15) is 18.2 Å². The van der Waals surface area contributed by atoms with E-state index in [1.165, 1.54) is 0 Å². The summed E-state index contributed by atoms with van der Waals surface area (Å²) in [6.45, 7) is 1.62. The quantitative estimate of drug-likeness (QED) is 0.409. The Bertz CT molecular complexity index is 1320. The number of fused-ring (bicyclic) bond motifs is 2. The molecule has 0 saturated carbocycles. The molecule has 0 bridgehead atoms. The maximum absolute atomic E-state index is 13.1. The summed E-state index contributed by atoms with van der Waals surface area (Å²) in [5.41, 5.74) is 1.39. The average molecular weight is 430 g/mol. The van der Waals surface area contributed by atoms with E-state index in [1.807, 2.05) is 48.7 Å². The molecule has 1 atom stereocenters. The molecule has 2 aromatic heterocycles. The molecule has 5 rings (SSSR count). The van der Waals surface area contributed by atoms with Gasteiger partial charge in [0.05, 0.1) is 0 Å². The number of imide groups is 1. The molecular formula is C24H22N4O4. The van der Waals surface area contributed by atoms with E-state index in [0.717, 1.165) is 26.8 Å². The number of nitrogens with zero attached hydrogens (tertiary/aromatic N) is 1. The van der Waals surface area contributed by atoms with Crippen molar-refractivity contribution >= 4 is 39.7 Å². The zero-order valence-electron chi connectivity index (χ0n) is 17.5. The first-order valence-electron chi connectivity index (χ1n) is 10.4. The minimum absolute atomic E-state index is 0.333. The van der Waals surface area contributed by atoms with E-state index in [-0.39, 0.29) is 6.54 Å². The first-order valence-corrected chi connectivity index (χ1v) is 10.4. The summed E-state index contributed by atoms with van der Waals surface area (Å²) >= 11 is 0. The standard InChI is InChI=1S/C24H22N4O4/c1-24(20-12-15-6-2-5-9-19(15)32-20)22(30)28(23(31)27-24)14-21(29)25-11-10-16-13-26-18-8-4-3-7-17(16)18/h2-9,12-13,26H,10-11,14H2,1H3,(H,25,29)(H,27,31). The van der Waals surface area contributed by atoms with Gasteiger partial charge in [0, 0.05) is 29.0 Å². The van der Waals surface area contributed by atoms with E-state index >= 15 is 0 Å². The fourth-order valence-electron chi connectivity index (χ4n) is 4.11. The highest BCUT2D eigenvalue weighted by Crippen LogP contribution is 2.32. The second-order valence-electron chi connectivity index (χ2n) is 8.05. The van der Waals surface area contributed by atoms with Crippen LogP contribution in [0, 0.1) is 0 Å². The molecule has 1 unspecified atom stereocenters. The van der Waals surface area contributed by atoms with Crippen LogP contribution in [0.15, 0.2) is 65.2 Å². The van der Waals surface area contributed by atoms with Gasteiger partial charge in [0.25, 0.3) is 5.91 Å². The number of hydrogen-bond acceptors (Lipinski definition) is 4. The van der Waals surface area contributed by atoms with E-state index in [0.29, 0.717) is 24.3 Å². The van der Waals surface area contributed by atoms with Crippen molar-refractivity contribution in [1.82, 2.24) is 20.5 Å². The van der Waals surface area contributed by atoms with Gasteiger partial charge in [-0.1, -0.05) is 36.4 Å². The van der Waals surface area contributed by atoms with Gasteiger partial charge in [-0.25, -0.2) is 4.79 Å². The highest BCUT2D eigenvalue weighted by molar-refractivity contribution is 6.09. The second kappa shape index (κ2) is 7.56. The number of aromatic amines is 1. The molecule has 4 amide bonds. The number of hydrogen-bond donors (Lipinski definition) is 3. The molecule has 4 aromatic rings. The normalized spacial score (nSPS) is 18.5. The van der Waals surface area contributed by atoms with Crippen molar-refractivity contribution in [3.05, 3.63) is 72.1 Å². The number of aromatic nitrogens is 1. The van der Waals surface area contributed by atoms with E-state index < -0.39 is 23.4 Å². The maximum atomic E-state index is 13.1. The SMILES string of the molecule is CC1(c2cc3ccccc3o2)NC(=O)N(CC(=O)NCCc2c[nH]c3ccccc23)C1=O. The van der Waals surface area contributed by atoms with Gasteiger partial charge in [-0.2, -0.15) is 0 Å². The largest absolute Gasteiger partial charge is 0.458 e. The van der Waals surface area contributed by atoms with E-state index in [2.05, 4.69) is 15.6 Å². The molecule has 8 heteroatoms. The molecular weight excluding hydrogens is 408 g/mol. The molecule has 0 radical (unpaired) electrons. The molecule has 1 aliphatic rings. The summed E-state index contributed by atoms with van der Waals surface area (Å²) in [5.74, 6) is -0.588. The molecule has 1 fully saturated rings. The van der Waals surface area contributed by atoms with Crippen molar-refractivity contribution in [2.45, 2.75) is 18.9 Å². The number of furan rings is 1. The summed E-state index contributed by atoms with van der Waals surface area (Å²) in [4.78, 5) is 42.1. The number of para-hydroxylation sites is 2. The summed E-state index contributed by atoms with van der Waals surface area (Å²) in [7, 11) is 0. The molecule has 32 heavy (non-hydrogen) atoms. The minimum atomic E-state index is -1.36. The van der Waals surface area contributed by atoms with Gasteiger partial charge >= 0.3 is 6.03 Å². The number of nitrogens with one attached hydrogen (secondary N) is 3. The van der Waals surface area contributed by atoms with E-state index in [4.69, 9.17) is 4.42 Å². The smallest absolute Gasteiger partial charge is 0.325 e. The fourth-order valence-corrected chi connectivity index (χ4v) is 4.11. The fraction of sp³-hybridized carbons (Fsp3) is 0.208. The van der Waals surface area contributed by atoms with Crippen LogP contribution in [0.3, 0.4) is 0 Å². The van der Waals surface area contributed by atoms with E-state index in [1.54, 1.807) is 19.1 Å². The molecule has 0 aliphatic carbocycles. The monoisotopic (exact) mass is 430 g/mol. The number of rotatable bonds is 6. The van der Waals surface area contributed by atoms with Gasteiger partial charge < -0.3 is 20.0 Å². The second-order valence-corrected chi connectivity index (χ2v) is 8.05. The highest BCUT2D eigenvalue weighted by Gasteiger charge is 2.51. The molecule has 8 nitrogen and oxygen atoms in total. The van der Waals surface area contributed by atoms with Gasteiger partial charge in [-0.05, 0) is 37.1 Å². The number of benzene rings is 2. The Morgan fingerprint density at radius 2 is 1.91 bits per heavy atom. The topological polar surface area (TPSA) is 107 Å². The van der Waals surface area contributed by atoms with Crippen molar-refractivity contribution in [3.63, 3.8) is 0 Å². The summed E-state index contributed by atoms with van der Waals surface area (Å²) in [5, 5.41) is 7.40. The molecule has 3 N–H and O–H groups in total. The van der Waals surface area contributed by atoms with Crippen LogP contribution < -0.4 is 10.6 Å². The minimum Gasteiger partial charge on any atom is -0.458 e.